The summed E-state index contributed by atoms with van der Waals surface area (Å²) in [6, 6.07) is 8.22. The van der Waals surface area contributed by atoms with E-state index in [9.17, 15) is 0 Å². The summed E-state index contributed by atoms with van der Waals surface area (Å²) in [5, 5.41) is 0. The van der Waals surface area contributed by atoms with Crippen LogP contribution in [0, 0.1) is 6.92 Å². The first-order valence-electron chi connectivity index (χ1n) is 4.28. The Bertz CT molecular complexity index is 337. The summed E-state index contributed by atoms with van der Waals surface area (Å²) in [4.78, 5) is 0. The van der Waals surface area contributed by atoms with E-state index in [0.717, 1.165) is 12.0 Å². The highest BCUT2D eigenvalue weighted by atomic mass is 14.6. The van der Waals surface area contributed by atoms with Gasteiger partial charge < -0.3 is 5.73 Å². The second kappa shape index (κ2) is 3.94. The summed E-state index contributed by atoms with van der Waals surface area (Å²) in [6.45, 7) is 9.61. The van der Waals surface area contributed by atoms with Crippen LogP contribution < -0.4 is 5.73 Å². The van der Waals surface area contributed by atoms with E-state index >= 15 is 0 Å². The van der Waals surface area contributed by atoms with E-state index in [0.29, 0.717) is 5.70 Å². The van der Waals surface area contributed by atoms with E-state index < -0.39 is 0 Å². The predicted octanol–water partition coefficient (Wildman–Crippen LogP) is 2.57. The average Bonchev–Trinajstić information content (AvgIpc) is 2.08. The van der Waals surface area contributed by atoms with Crippen LogP contribution in [0.4, 0.5) is 0 Å². The largest absolute Gasteiger partial charge is 0.399 e. The normalized spacial score (nSPS) is 9.62. The third-order valence-electron chi connectivity index (χ3n) is 2.12. The minimum absolute atomic E-state index is 0.572. The molecule has 0 aliphatic rings. The van der Waals surface area contributed by atoms with Gasteiger partial charge in [-0.2, -0.15) is 0 Å². The molecule has 13 heavy (non-hydrogen) atoms. The fraction of sp³-hybridized carbons (Fsp3) is 0.167. The molecule has 0 saturated carbocycles. The number of rotatable bonds is 3. The van der Waals surface area contributed by atoms with Crippen LogP contribution in [0.3, 0.4) is 0 Å². The molecule has 0 aliphatic carbocycles. The van der Waals surface area contributed by atoms with Gasteiger partial charge in [0, 0.05) is 5.70 Å². The van der Waals surface area contributed by atoms with Crippen LogP contribution >= 0.6 is 0 Å². The molecule has 0 spiro atoms. The molecule has 0 saturated heterocycles. The minimum Gasteiger partial charge on any atom is -0.399 e. The van der Waals surface area contributed by atoms with Crippen LogP contribution in [0.2, 0.25) is 0 Å². The number of benzene rings is 1. The Hall–Kier alpha value is -1.50. The molecule has 1 aromatic carbocycles. The molecule has 0 bridgehead atoms. The Morgan fingerprint density at radius 3 is 2.46 bits per heavy atom. The summed E-state index contributed by atoms with van der Waals surface area (Å²) in [5.74, 6) is 0. The van der Waals surface area contributed by atoms with E-state index in [-0.39, 0.29) is 0 Å². The maximum absolute atomic E-state index is 5.54. The van der Waals surface area contributed by atoms with Gasteiger partial charge in [-0.15, -0.1) is 0 Å². The van der Waals surface area contributed by atoms with Gasteiger partial charge in [-0.25, -0.2) is 0 Å². The number of aryl methyl sites for hydroxylation is 1. The Morgan fingerprint density at radius 2 is 1.92 bits per heavy atom. The second-order valence-corrected chi connectivity index (χ2v) is 3.23. The molecule has 0 radical (unpaired) electrons. The van der Waals surface area contributed by atoms with Crippen molar-refractivity contribution in [3.05, 3.63) is 59.8 Å². The quantitative estimate of drug-likeness (QED) is 0.698. The molecule has 1 aromatic rings. The van der Waals surface area contributed by atoms with Crippen molar-refractivity contribution in [2.75, 3.05) is 0 Å². The van der Waals surface area contributed by atoms with Gasteiger partial charge in [-0.1, -0.05) is 37.4 Å². The zero-order valence-corrected chi connectivity index (χ0v) is 8.01. The lowest BCUT2D eigenvalue weighted by atomic mass is 10.0. The topological polar surface area (TPSA) is 26.0 Å². The first-order chi connectivity index (χ1) is 6.11. The number of allylic oxidation sites excluding steroid dienone is 1. The van der Waals surface area contributed by atoms with Gasteiger partial charge in [0.15, 0.2) is 0 Å². The van der Waals surface area contributed by atoms with Crippen LogP contribution in [0.15, 0.2) is 48.7 Å². The van der Waals surface area contributed by atoms with Crippen molar-refractivity contribution >= 4 is 0 Å². The summed E-state index contributed by atoms with van der Waals surface area (Å²) in [7, 11) is 0. The molecular formula is C12H15N. The molecule has 68 valence electrons. The van der Waals surface area contributed by atoms with Crippen molar-refractivity contribution in [3.8, 4) is 0 Å². The van der Waals surface area contributed by atoms with Gasteiger partial charge in [0.05, 0.1) is 0 Å². The zero-order valence-electron chi connectivity index (χ0n) is 8.01. The molecular weight excluding hydrogens is 158 g/mol. The van der Waals surface area contributed by atoms with Gasteiger partial charge >= 0.3 is 0 Å². The third-order valence-corrected chi connectivity index (χ3v) is 2.12. The SMILES string of the molecule is C=C(N)C(=C)Cc1ccccc1C. The summed E-state index contributed by atoms with van der Waals surface area (Å²) in [5.41, 5.74) is 9.54. The molecule has 1 nitrogen and oxygen atoms in total. The summed E-state index contributed by atoms with van der Waals surface area (Å²) >= 11 is 0. The fourth-order valence-corrected chi connectivity index (χ4v) is 1.15. The lowest BCUT2D eigenvalue weighted by Crippen LogP contribution is -2.01. The standard InChI is InChI=1S/C12H15N/c1-9-6-4-5-7-12(9)8-10(2)11(3)13/h4-7H,2-3,8,13H2,1H3. The monoisotopic (exact) mass is 173 g/mol. The van der Waals surface area contributed by atoms with Gasteiger partial charge in [-0.3, -0.25) is 0 Å². The zero-order chi connectivity index (χ0) is 9.84. The molecule has 0 amide bonds. The lowest BCUT2D eigenvalue weighted by Gasteiger charge is -2.07. The van der Waals surface area contributed by atoms with Crippen molar-refractivity contribution in [2.45, 2.75) is 13.3 Å². The molecule has 0 fully saturated rings. The Morgan fingerprint density at radius 1 is 1.31 bits per heavy atom. The van der Waals surface area contributed by atoms with E-state index in [2.05, 4.69) is 32.2 Å². The van der Waals surface area contributed by atoms with Gasteiger partial charge in [0.1, 0.15) is 0 Å². The smallest absolute Gasteiger partial charge is 0.0270 e. The molecule has 0 atom stereocenters. The Kier molecular flexibility index (Phi) is 2.91. The lowest BCUT2D eigenvalue weighted by molar-refractivity contribution is 1.12. The average molecular weight is 173 g/mol. The van der Waals surface area contributed by atoms with Crippen LogP contribution in [-0.4, -0.2) is 0 Å². The van der Waals surface area contributed by atoms with E-state index in [4.69, 9.17) is 5.73 Å². The van der Waals surface area contributed by atoms with Crippen LogP contribution in [0.1, 0.15) is 11.1 Å². The van der Waals surface area contributed by atoms with Gasteiger partial charge in [0.2, 0.25) is 0 Å². The molecule has 0 heterocycles. The Balaban J connectivity index is 2.81. The summed E-state index contributed by atoms with van der Waals surface area (Å²) in [6.07, 6.45) is 0.794. The van der Waals surface area contributed by atoms with Crippen LogP contribution in [-0.2, 0) is 6.42 Å². The number of hydrogen-bond donors (Lipinski definition) is 1. The van der Waals surface area contributed by atoms with Crippen molar-refractivity contribution in [3.63, 3.8) is 0 Å². The highest BCUT2D eigenvalue weighted by Crippen LogP contribution is 2.13. The minimum atomic E-state index is 0.572. The number of nitrogens with two attached hydrogens (primary N) is 1. The fourth-order valence-electron chi connectivity index (χ4n) is 1.15. The molecule has 2 N–H and O–H groups in total. The van der Waals surface area contributed by atoms with E-state index in [1.807, 2.05) is 12.1 Å². The molecule has 0 aliphatic heterocycles. The van der Waals surface area contributed by atoms with Gasteiger partial charge in [0.25, 0.3) is 0 Å². The maximum atomic E-state index is 5.54. The van der Waals surface area contributed by atoms with Gasteiger partial charge in [-0.05, 0) is 30.0 Å². The van der Waals surface area contributed by atoms with E-state index in [1.54, 1.807) is 0 Å². The van der Waals surface area contributed by atoms with Crippen LogP contribution in [0.25, 0.3) is 0 Å². The van der Waals surface area contributed by atoms with Crippen molar-refractivity contribution in [1.29, 1.82) is 0 Å². The van der Waals surface area contributed by atoms with Crippen LogP contribution in [0.5, 0.6) is 0 Å². The Labute approximate surface area is 79.6 Å². The molecule has 0 unspecified atom stereocenters. The highest BCUT2D eigenvalue weighted by molar-refractivity contribution is 5.34. The van der Waals surface area contributed by atoms with Crippen molar-refractivity contribution < 1.29 is 0 Å². The maximum Gasteiger partial charge on any atom is 0.0270 e. The number of hydrogen-bond acceptors (Lipinski definition) is 1. The first-order valence-corrected chi connectivity index (χ1v) is 4.28. The molecule has 1 rings (SSSR count). The van der Waals surface area contributed by atoms with Crippen molar-refractivity contribution in [2.24, 2.45) is 5.73 Å². The van der Waals surface area contributed by atoms with Crippen molar-refractivity contribution in [1.82, 2.24) is 0 Å². The van der Waals surface area contributed by atoms with E-state index in [1.165, 1.54) is 11.1 Å². The second-order valence-electron chi connectivity index (χ2n) is 3.23. The third kappa shape index (κ3) is 2.48. The highest BCUT2D eigenvalue weighted by Gasteiger charge is 2.00. The molecule has 0 aromatic heterocycles. The first kappa shape index (κ1) is 9.59. The predicted molar refractivity (Wildman–Crippen MR) is 57.4 cm³/mol. The summed E-state index contributed by atoms with van der Waals surface area (Å²) < 4.78 is 0. The molecule has 1 heteroatoms.